The van der Waals surface area contributed by atoms with Gasteiger partial charge in [-0.15, -0.1) is 0 Å². The number of rotatable bonds is 5. The van der Waals surface area contributed by atoms with Crippen LogP contribution in [0.4, 0.5) is 0 Å². The van der Waals surface area contributed by atoms with Gasteiger partial charge in [0.05, 0.1) is 39.5 Å². The van der Waals surface area contributed by atoms with Gasteiger partial charge in [-0.3, -0.25) is 4.79 Å². The van der Waals surface area contributed by atoms with E-state index in [4.69, 9.17) is 32.7 Å². The second-order valence-electron chi connectivity index (χ2n) is 5.35. The number of hydrogen-bond acceptors (Lipinski definition) is 4. The van der Waals surface area contributed by atoms with Crippen molar-refractivity contribution in [2.24, 2.45) is 4.99 Å². The summed E-state index contributed by atoms with van der Waals surface area (Å²) in [7, 11) is 3.13. The van der Waals surface area contributed by atoms with Gasteiger partial charge in [-0.25, -0.2) is 0 Å². The second-order valence-corrected chi connectivity index (χ2v) is 7.15. The third-order valence-corrected chi connectivity index (χ3v) is 5.63. The van der Waals surface area contributed by atoms with Crippen LogP contribution in [0.1, 0.15) is 10.4 Å². The number of hydrogen-bond donors (Lipinski definition) is 0. The topological polar surface area (TPSA) is 52.8 Å². The molecule has 3 aromatic rings. The summed E-state index contributed by atoms with van der Waals surface area (Å²) in [6, 6.07) is 10.6. The number of carbonyl (C=O) groups excluding carboxylic acids is 1. The SMILES string of the molecule is COCCn1c(=NC(=O)c2ccccc2OC)sc2ccc(Cl)c(Cl)c21. The van der Waals surface area contributed by atoms with E-state index in [0.29, 0.717) is 39.3 Å². The molecule has 0 saturated carbocycles. The van der Waals surface area contributed by atoms with Crippen molar-refractivity contribution in [1.82, 2.24) is 4.57 Å². The van der Waals surface area contributed by atoms with Crippen LogP contribution in [-0.4, -0.2) is 31.3 Å². The third-order valence-electron chi connectivity index (χ3n) is 3.79. The van der Waals surface area contributed by atoms with Gasteiger partial charge in [0, 0.05) is 13.7 Å². The largest absolute Gasteiger partial charge is 0.496 e. The van der Waals surface area contributed by atoms with Crippen LogP contribution in [0.15, 0.2) is 41.4 Å². The lowest BCUT2D eigenvalue weighted by atomic mass is 10.2. The lowest BCUT2D eigenvalue weighted by Crippen LogP contribution is -2.19. The number of methoxy groups -OCH3 is 2. The Labute approximate surface area is 164 Å². The first-order valence-electron chi connectivity index (χ1n) is 7.75. The van der Waals surface area contributed by atoms with Crippen molar-refractivity contribution in [3.63, 3.8) is 0 Å². The van der Waals surface area contributed by atoms with E-state index in [1.165, 1.54) is 18.4 Å². The first-order chi connectivity index (χ1) is 12.6. The summed E-state index contributed by atoms with van der Waals surface area (Å²) in [5.74, 6) is 0.0919. The van der Waals surface area contributed by atoms with Crippen LogP contribution in [0.3, 0.4) is 0 Å². The fourth-order valence-electron chi connectivity index (χ4n) is 2.55. The minimum Gasteiger partial charge on any atom is -0.496 e. The van der Waals surface area contributed by atoms with Crippen LogP contribution in [0.2, 0.25) is 10.0 Å². The number of aromatic nitrogens is 1. The molecule has 1 aromatic heterocycles. The Morgan fingerprint density at radius 3 is 2.69 bits per heavy atom. The van der Waals surface area contributed by atoms with E-state index in [2.05, 4.69) is 4.99 Å². The molecular formula is C18H16Cl2N2O3S. The van der Waals surface area contributed by atoms with Gasteiger partial charge in [-0.2, -0.15) is 4.99 Å². The molecule has 0 spiro atoms. The molecular weight excluding hydrogens is 395 g/mol. The Morgan fingerprint density at radius 2 is 1.96 bits per heavy atom. The zero-order chi connectivity index (χ0) is 18.7. The molecule has 8 heteroatoms. The number of halogens is 2. The van der Waals surface area contributed by atoms with E-state index in [9.17, 15) is 4.79 Å². The van der Waals surface area contributed by atoms with Gasteiger partial charge in [0.15, 0.2) is 4.80 Å². The van der Waals surface area contributed by atoms with E-state index in [-0.39, 0.29) is 5.91 Å². The van der Waals surface area contributed by atoms with E-state index in [0.717, 1.165) is 10.2 Å². The molecule has 0 aliphatic rings. The first-order valence-corrected chi connectivity index (χ1v) is 9.32. The number of nitrogens with zero attached hydrogens (tertiary/aromatic N) is 2. The summed E-state index contributed by atoms with van der Waals surface area (Å²) in [5.41, 5.74) is 1.14. The monoisotopic (exact) mass is 410 g/mol. The molecule has 0 fully saturated rings. The molecule has 0 N–H and O–H groups in total. The maximum absolute atomic E-state index is 12.7. The van der Waals surface area contributed by atoms with Crippen molar-refractivity contribution in [1.29, 1.82) is 0 Å². The highest BCUT2D eigenvalue weighted by molar-refractivity contribution is 7.16. The molecule has 1 heterocycles. The van der Waals surface area contributed by atoms with Gasteiger partial charge in [-0.05, 0) is 24.3 Å². The van der Waals surface area contributed by atoms with Crippen LogP contribution < -0.4 is 9.54 Å². The summed E-state index contributed by atoms with van der Waals surface area (Å²) in [6.45, 7) is 0.944. The second kappa shape index (κ2) is 8.22. The van der Waals surface area contributed by atoms with Gasteiger partial charge >= 0.3 is 0 Å². The minimum absolute atomic E-state index is 0.387. The summed E-state index contributed by atoms with van der Waals surface area (Å²) in [4.78, 5) is 17.5. The fourth-order valence-corrected chi connectivity index (χ4v) is 4.09. The molecule has 26 heavy (non-hydrogen) atoms. The van der Waals surface area contributed by atoms with E-state index < -0.39 is 0 Å². The number of benzene rings is 2. The highest BCUT2D eigenvalue weighted by Crippen LogP contribution is 2.32. The predicted octanol–water partition coefficient (Wildman–Crippen LogP) is 4.41. The summed E-state index contributed by atoms with van der Waals surface area (Å²) in [6.07, 6.45) is 0. The Bertz CT molecular complexity index is 1030. The molecule has 5 nitrogen and oxygen atoms in total. The lowest BCUT2D eigenvalue weighted by Gasteiger charge is -2.07. The quantitative estimate of drug-likeness (QED) is 0.625. The standard InChI is InChI=1S/C18H16Cl2N2O3S/c1-24-10-9-22-16-14(8-7-12(19)15(16)20)26-18(22)21-17(23)11-5-3-4-6-13(11)25-2/h3-8H,9-10H2,1-2H3. The van der Waals surface area contributed by atoms with Crippen molar-refractivity contribution in [3.05, 3.63) is 56.8 Å². The van der Waals surface area contributed by atoms with Crippen LogP contribution in [-0.2, 0) is 11.3 Å². The fraction of sp³-hybridized carbons (Fsp3) is 0.222. The zero-order valence-corrected chi connectivity index (χ0v) is 16.5. The van der Waals surface area contributed by atoms with E-state index >= 15 is 0 Å². The van der Waals surface area contributed by atoms with Gasteiger partial charge < -0.3 is 14.0 Å². The predicted molar refractivity (Wildman–Crippen MR) is 105 cm³/mol. The van der Waals surface area contributed by atoms with Gasteiger partial charge in [-0.1, -0.05) is 46.7 Å². The highest BCUT2D eigenvalue weighted by atomic mass is 35.5. The van der Waals surface area contributed by atoms with Gasteiger partial charge in [0.25, 0.3) is 5.91 Å². The number of ether oxygens (including phenoxy) is 2. The van der Waals surface area contributed by atoms with Crippen LogP contribution in [0.5, 0.6) is 5.75 Å². The first kappa shape index (κ1) is 18.9. The normalized spacial score (nSPS) is 11.9. The Kier molecular flexibility index (Phi) is 5.98. The zero-order valence-electron chi connectivity index (χ0n) is 14.2. The summed E-state index contributed by atoms with van der Waals surface area (Å²) >= 11 is 13.9. The Hall–Kier alpha value is -1.86. The number of para-hydroxylation sites is 1. The Balaban J connectivity index is 2.18. The summed E-state index contributed by atoms with van der Waals surface area (Å²) < 4.78 is 13.2. The molecule has 0 saturated heterocycles. The molecule has 3 rings (SSSR count). The molecule has 0 atom stereocenters. The van der Waals surface area contributed by atoms with E-state index in [1.807, 2.05) is 10.6 Å². The number of fused-ring (bicyclic) bond motifs is 1. The van der Waals surface area contributed by atoms with Gasteiger partial charge in [0.1, 0.15) is 5.75 Å². The molecule has 0 aliphatic heterocycles. The van der Waals surface area contributed by atoms with Crippen molar-refractivity contribution >= 4 is 50.7 Å². The van der Waals surface area contributed by atoms with Crippen LogP contribution in [0, 0.1) is 0 Å². The average molecular weight is 411 g/mol. The Morgan fingerprint density at radius 1 is 1.19 bits per heavy atom. The molecule has 0 aliphatic carbocycles. The lowest BCUT2D eigenvalue weighted by molar-refractivity contribution is 0.0994. The van der Waals surface area contributed by atoms with Crippen molar-refractivity contribution in [2.45, 2.75) is 6.54 Å². The summed E-state index contributed by atoms with van der Waals surface area (Å²) in [5, 5.41) is 0.883. The van der Waals surface area contributed by atoms with Gasteiger partial charge in [0.2, 0.25) is 0 Å². The minimum atomic E-state index is -0.387. The number of amides is 1. The molecule has 2 aromatic carbocycles. The number of carbonyl (C=O) groups is 1. The highest BCUT2D eigenvalue weighted by Gasteiger charge is 2.15. The smallest absolute Gasteiger partial charge is 0.283 e. The maximum Gasteiger partial charge on any atom is 0.283 e. The molecule has 1 amide bonds. The number of thiazole rings is 1. The van der Waals surface area contributed by atoms with Crippen LogP contribution >= 0.6 is 34.5 Å². The molecule has 136 valence electrons. The molecule has 0 radical (unpaired) electrons. The van der Waals surface area contributed by atoms with E-state index in [1.54, 1.807) is 37.4 Å². The molecule has 0 bridgehead atoms. The molecule has 0 unspecified atom stereocenters. The van der Waals surface area contributed by atoms with Crippen LogP contribution in [0.25, 0.3) is 10.2 Å². The average Bonchev–Trinajstić information content (AvgIpc) is 3.00. The van der Waals surface area contributed by atoms with Crippen molar-refractivity contribution in [2.75, 3.05) is 20.8 Å². The van der Waals surface area contributed by atoms with Crippen molar-refractivity contribution < 1.29 is 14.3 Å². The maximum atomic E-state index is 12.7. The van der Waals surface area contributed by atoms with Crippen molar-refractivity contribution in [3.8, 4) is 5.75 Å². The third kappa shape index (κ3) is 3.64.